The topological polar surface area (TPSA) is 86.7 Å². The summed E-state index contributed by atoms with van der Waals surface area (Å²) in [6, 6.07) is 7.12. The predicted octanol–water partition coefficient (Wildman–Crippen LogP) is 0.730. The molecule has 1 fully saturated rings. The molecule has 106 valence electrons. The maximum absolute atomic E-state index is 14.3. The molecule has 0 saturated carbocycles. The normalized spacial score (nSPS) is 24.5. The minimum absolute atomic E-state index is 0.0752. The minimum atomic E-state index is -4.60. The Labute approximate surface area is 110 Å². The van der Waals surface area contributed by atoms with E-state index in [1.165, 1.54) is 24.3 Å². The smallest absolute Gasteiger partial charge is 0.266 e. The van der Waals surface area contributed by atoms with Gasteiger partial charge in [0.15, 0.2) is 6.17 Å². The summed E-state index contributed by atoms with van der Waals surface area (Å²) in [6.45, 7) is -0.918. The third kappa shape index (κ3) is 2.94. The zero-order chi connectivity index (χ0) is 14.1. The van der Waals surface area contributed by atoms with Crippen LogP contribution in [0.4, 0.5) is 4.39 Å². The Balaban J connectivity index is 2.49. The first-order valence-corrected chi connectivity index (χ1v) is 8.24. The van der Waals surface area contributed by atoms with Gasteiger partial charge in [-0.25, -0.2) is 4.39 Å². The standard InChI is InChI=1S/C10H11FO6S2/c11-9(8-4-2-1-3-5-8)10-18(12,13)16-6-7-17-19(10,14)15/h1-5,9-10H,6-7H2. The first-order valence-electron chi connectivity index (χ1n) is 5.30. The highest BCUT2D eigenvalue weighted by Gasteiger charge is 2.48. The van der Waals surface area contributed by atoms with E-state index in [1.54, 1.807) is 6.07 Å². The highest BCUT2D eigenvalue weighted by molar-refractivity contribution is 8.04. The Morgan fingerprint density at radius 3 is 1.95 bits per heavy atom. The zero-order valence-corrected chi connectivity index (χ0v) is 11.2. The second kappa shape index (κ2) is 5.16. The first kappa shape index (κ1) is 14.4. The Morgan fingerprint density at radius 1 is 1.00 bits per heavy atom. The Kier molecular flexibility index (Phi) is 3.90. The van der Waals surface area contributed by atoms with Crippen LogP contribution >= 0.6 is 0 Å². The fourth-order valence-electron chi connectivity index (χ4n) is 1.67. The molecule has 1 saturated heterocycles. The van der Waals surface area contributed by atoms with Crippen molar-refractivity contribution >= 4 is 20.2 Å². The van der Waals surface area contributed by atoms with Crippen molar-refractivity contribution in [1.29, 1.82) is 0 Å². The van der Waals surface area contributed by atoms with Crippen LogP contribution in [0.15, 0.2) is 30.3 Å². The highest BCUT2D eigenvalue weighted by Crippen LogP contribution is 2.32. The number of benzene rings is 1. The summed E-state index contributed by atoms with van der Waals surface area (Å²) < 4.78 is 67.5. The molecule has 1 aliphatic rings. The van der Waals surface area contributed by atoms with E-state index in [0.717, 1.165) is 0 Å². The van der Waals surface area contributed by atoms with E-state index in [0.29, 0.717) is 0 Å². The van der Waals surface area contributed by atoms with Gasteiger partial charge in [0, 0.05) is 0 Å². The lowest BCUT2D eigenvalue weighted by molar-refractivity contribution is 0.237. The summed E-state index contributed by atoms with van der Waals surface area (Å²) >= 11 is 0. The summed E-state index contributed by atoms with van der Waals surface area (Å²) in [5.41, 5.74) is -0.0752. The Hall–Kier alpha value is -1.03. The average molecular weight is 310 g/mol. The molecule has 9 heteroatoms. The zero-order valence-electron chi connectivity index (χ0n) is 9.60. The van der Waals surface area contributed by atoms with Crippen molar-refractivity contribution in [3.63, 3.8) is 0 Å². The molecule has 0 radical (unpaired) electrons. The molecular formula is C10H11FO6S2. The number of alkyl halides is 1. The van der Waals surface area contributed by atoms with E-state index in [-0.39, 0.29) is 5.56 Å². The van der Waals surface area contributed by atoms with Gasteiger partial charge in [0.1, 0.15) is 0 Å². The van der Waals surface area contributed by atoms with Gasteiger partial charge in [-0.2, -0.15) is 16.8 Å². The van der Waals surface area contributed by atoms with Crippen molar-refractivity contribution < 1.29 is 29.6 Å². The molecule has 0 amide bonds. The van der Waals surface area contributed by atoms with Crippen molar-refractivity contribution in [2.24, 2.45) is 0 Å². The van der Waals surface area contributed by atoms with Gasteiger partial charge >= 0.3 is 0 Å². The molecule has 2 rings (SSSR count). The van der Waals surface area contributed by atoms with Crippen LogP contribution in [0.25, 0.3) is 0 Å². The summed E-state index contributed by atoms with van der Waals surface area (Å²) in [7, 11) is -9.21. The molecule has 0 aliphatic carbocycles. The lowest BCUT2D eigenvalue weighted by Crippen LogP contribution is -2.34. The minimum Gasteiger partial charge on any atom is -0.266 e. The van der Waals surface area contributed by atoms with E-state index >= 15 is 0 Å². The van der Waals surface area contributed by atoms with E-state index in [2.05, 4.69) is 8.37 Å². The number of rotatable bonds is 2. The molecule has 1 atom stereocenters. The van der Waals surface area contributed by atoms with Gasteiger partial charge in [0.2, 0.25) is 4.58 Å². The second-order valence-corrected chi connectivity index (χ2v) is 7.57. The van der Waals surface area contributed by atoms with Crippen molar-refractivity contribution in [2.75, 3.05) is 13.2 Å². The summed E-state index contributed by atoms with van der Waals surface area (Å²) in [4.78, 5) is 0. The van der Waals surface area contributed by atoms with E-state index in [1.807, 2.05) is 0 Å². The molecule has 0 spiro atoms. The average Bonchev–Trinajstić information content (AvgIpc) is 2.45. The summed E-state index contributed by atoms with van der Waals surface area (Å²) in [6.07, 6.45) is -2.28. The van der Waals surface area contributed by atoms with Crippen molar-refractivity contribution in [3.8, 4) is 0 Å². The molecule has 1 unspecified atom stereocenters. The fraction of sp³-hybridized carbons (Fsp3) is 0.400. The quantitative estimate of drug-likeness (QED) is 0.748. The third-order valence-corrected chi connectivity index (χ3v) is 6.53. The van der Waals surface area contributed by atoms with Crippen LogP contribution in [0, 0.1) is 0 Å². The number of hydrogen-bond acceptors (Lipinski definition) is 6. The third-order valence-electron chi connectivity index (χ3n) is 2.50. The molecule has 19 heavy (non-hydrogen) atoms. The fourth-order valence-corrected chi connectivity index (χ4v) is 4.92. The van der Waals surface area contributed by atoms with E-state index in [9.17, 15) is 21.2 Å². The summed E-state index contributed by atoms with van der Waals surface area (Å²) in [5, 5.41) is 0. The van der Waals surface area contributed by atoms with Gasteiger partial charge in [-0.05, 0) is 5.56 Å². The molecule has 0 bridgehead atoms. The maximum Gasteiger partial charge on any atom is 0.290 e. The molecule has 6 nitrogen and oxygen atoms in total. The molecule has 0 N–H and O–H groups in total. The molecule has 1 aromatic rings. The van der Waals surface area contributed by atoms with Crippen molar-refractivity contribution in [3.05, 3.63) is 35.9 Å². The molecule has 1 aromatic carbocycles. The Morgan fingerprint density at radius 2 is 1.47 bits per heavy atom. The van der Waals surface area contributed by atoms with Crippen molar-refractivity contribution in [1.82, 2.24) is 0 Å². The number of hydrogen-bond donors (Lipinski definition) is 0. The number of halogens is 1. The van der Waals surface area contributed by atoms with E-state index < -0.39 is 44.2 Å². The maximum atomic E-state index is 14.3. The molecular weight excluding hydrogens is 299 g/mol. The van der Waals surface area contributed by atoms with E-state index in [4.69, 9.17) is 0 Å². The van der Waals surface area contributed by atoms with Crippen LogP contribution in [0.5, 0.6) is 0 Å². The lowest BCUT2D eigenvalue weighted by Gasteiger charge is -2.17. The van der Waals surface area contributed by atoms with Crippen LogP contribution < -0.4 is 0 Å². The van der Waals surface area contributed by atoms with Crippen molar-refractivity contribution in [2.45, 2.75) is 10.8 Å². The van der Waals surface area contributed by atoms with Gasteiger partial charge in [-0.3, -0.25) is 8.37 Å². The summed E-state index contributed by atoms with van der Waals surface area (Å²) in [5.74, 6) is 0. The first-order chi connectivity index (χ1) is 8.84. The van der Waals surface area contributed by atoms with Gasteiger partial charge in [-0.1, -0.05) is 30.3 Å². The molecule has 1 heterocycles. The predicted molar refractivity (Wildman–Crippen MR) is 63.8 cm³/mol. The van der Waals surface area contributed by atoms with Gasteiger partial charge in [0.25, 0.3) is 20.2 Å². The monoisotopic (exact) mass is 310 g/mol. The largest absolute Gasteiger partial charge is 0.290 e. The highest BCUT2D eigenvalue weighted by atomic mass is 32.3. The van der Waals surface area contributed by atoms with Crippen LogP contribution in [-0.2, 0) is 28.6 Å². The van der Waals surface area contributed by atoms with Gasteiger partial charge in [-0.15, -0.1) is 0 Å². The van der Waals surface area contributed by atoms with Crippen LogP contribution in [0.2, 0.25) is 0 Å². The molecule has 0 aromatic heterocycles. The van der Waals surface area contributed by atoms with Gasteiger partial charge in [0.05, 0.1) is 13.2 Å². The van der Waals surface area contributed by atoms with Crippen LogP contribution in [-0.4, -0.2) is 34.6 Å². The van der Waals surface area contributed by atoms with Crippen LogP contribution in [0.1, 0.15) is 11.7 Å². The Bertz CT molecular complexity index is 604. The SMILES string of the molecule is O=S1(=O)OCCOS(=O)(=O)C1C(F)c1ccccc1. The van der Waals surface area contributed by atoms with Gasteiger partial charge < -0.3 is 0 Å². The lowest BCUT2D eigenvalue weighted by atomic mass is 10.1. The second-order valence-electron chi connectivity index (χ2n) is 3.81. The van der Waals surface area contributed by atoms with Crippen LogP contribution in [0.3, 0.4) is 0 Å². The molecule has 1 aliphatic heterocycles.